The molecule has 0 atom stereocenters. The Labute approximate surface area is 237 Å². The molecule has 0 spiro atoms. The van der Waals surface area contributed by atoms with Crippen molar-refractivity contribution in [1.29, 1.82) is 0 Å². The van der Waals surface area contributed by atoms with E-state index in [0.29, 0.717) is 47.5 Å². The zero-order valence-corrected chi connectivity index (χ0v) is 23.3. The van der Waals surface area contributed by atoms with Gasteiger partial charge in [-0.05, 0) is 61.6 Å². The molecule has 40 heavy (non-hydrogen) atoms. The number of rotatable bonds is 6. The molecule has 0 bridgehead atoms. The van der Waals surface area contributed by atoms with Crippen LogP contribution in [0.3, 0.4) is 0 Å². The molecule has 2 aromatic carbocycles. The minimum Gasteiger partial charge on any atom is -0.381 e. The molecule has 0 radical (unpaired) electrons. The van der Waals surface area contributed by atoms with Crippen molar-refractivity contribution in [3.63, 3.8) is 0 Å². The van der Waals surface area contributed by atoms with E-state index >= 15 is 0 Å². The minimum absolute atomic E-state index is 0.157. The van der Waals surface area contributed by atoms with Crippen LogP contribution in [-0.2, 0) is 11.3 Å². The quantitative estimate of drug-likeness (QED) is 0.262. The molecule has 0 aliphatic carbocycles. The summed E-state index contributed by atoms with van der Waals surface area (Å²) < 4.78 is 7.22. The third-order valence-corrected chi connectivity index (χ3v) is 7.83. The highest BCUT2D eigenvalue weighted by molar-refractivity contribution is 6.33. The van der Waals surface area contributed by atoms with Gasteiger partial charge in [-0.3, -0.25) is 14.3 Å². The summed E-state index contributed by atoms with van der Waals surface area (Å²) in [4.78, 5) is 28.1. The first-order valence-corrected chi connectivity index (χ1v) is 13.9. The van der Waals surface area contributed by atoms with Crippen molar-refractivity contribution in [2.75, 3.05) is 18.5 Å². The summed E-state index contributed by atoms with van der Waals surface area (Å²) in [5.74, 6) is 0.512. The van der Waals surface area contributed by atoms with Gasteiger partial charge in [0.1, 0.15) is 5.65 Å². The van der Waals surface area contributed by atoms with Gasteiger partial charge in [0, 0.05) is 58.7 Å². The molecule has 7 nitrogen and oxygen atoms in total. The fourth-order valence-electron chi connectivity index (χ4n) is 5.22. The lowest BCUT2D eigenvalue weighted by Crippen LogP contribution is -2.29. The van der Waals surface area contributed by atoms with E-state index in [0.717, 1.165) is 46.2 Å². The van der Waals surface area contributed by atoms with Crippen molar-refractivity contribution >= 4 is 28.6 Å². The maximum atomic E-state index is 14.2. The SMILES string of the molecule is Cc1ccccc1Cn1c(=O)c(-c2ccc(-c3ncccc3C)cc2Cl)cc2cnc(NC3CCOCC3)nc21. The van der Waals surface area contributed by atoms with E-state index in [1.165, 1.54) is 0 Å². The molecule has 6 rings (SSSR count). The normalized spacial score (nSPS) is 14.0. The van der Waals surface area contributed by atoms with Crippen molar-refractivity contribution in [2.24, 2.45) is 0 Å². The van der Waals surface area contributed by atoms with Gasteiger partial charge < -0.3 is 10.1 Å². The molecular formula is C32H30ClN5O2. The summed E-state index contributed by atoms with van der Waals surface area (Å²) in [6.45, 7) is 5.88. The second-order valence-corrected chi connectivity index (χ2v) is 10.7. The number of hydrogen-bond donors (Lipinski definition) is 1. The number of anilines is 1. The van der Waals surface area contributed by atoms with Crippen LogP contribution in [0.15, 0.2) is 77.9 Å². The Balaban J connectivity index is 1.47. The van der Waals surface area contributed by atoms with E-state index in [1.54, 1.807) is 17.0 Å². The van der Waals surface area contributed by atoms with Gasteiger partial charge in [-0.25, -0.2) is 4.98 Å². The minimum atomic E-state index is -0.157. The number of halogens is 1. The Hall–Kier alpha value is -4.07. The van der Waals surface area contributed by atoms with Gasteiger partial charge in [0.15, 0.2) is 0 Å². The molecule has 4 heterocycles. The smallest absolute Gasteiger partial charge is 0.260 e. The standard InChI is InChI=1S/C32H30ClN5O2/c1-20-6-3-4-8-23(20)19-38-30-24(18-35-32(37-30)36-25-11-14-40-15-12-25)16-27(31(38)39)26-10-9-22(17-28(26)33)29-21(2)7-5-13-34-29/h3-10,13,16-18,25H,11-12,14-15,19H2,1-2H3,(H,35,36,37). The number of ether oxygens (including phenoxy) is 1. The fraction of sp³-hybridized carbons (Fsp3) is 0.250. The summed E-state index contributed by atoms with van der Waals surface area (Å²) in [5, 5.41) is 4.68. The average Bonchev–Trinajstić information content (AvgIpc) is 2.96. The van der Waals surface area contributed by atoms with Crippen LogP contribution in [0.2, 0.25) is 5.02 Å². The molecule has 1 N–H and O–H groups in total. The first-order valence-electron chi connectivity index (χ1n) is 13.5. The molecule has 0 amide bonds. The Kier molecular flexibility index (Phi) is 7.32. The number of pyridine rings is 2. The second-order valence-electron chi connectivity index (χ2n) is 10.2. The summed E-state index contributed by atoms with van der Waals surface area (Å²) in [6.07, 6.45) is 5.33. The third kappa shape index (κ3) is 5.22. The van der Waals surface area contributed by atoms with Gasteiger partial charge >= 0.3 is 0 Å². The lowest BCUT2D eigenvalue weighted by molar-refractivity contribution is 0.0903. The topological polar surface area (TPSA) is 81.9 Å². The van der Waals surface area contributed by atoms with Crippen LogP contribution in [0, 0.1) is 13.8 Å². The Bertz CT molecular complexity index is 1760. The lowest BCUT2D eigenvalue weighted by atomic mass is 10.0. The molecule has 1 aliphatic rings. The van der Waals surface area contributed by atoms with Crippen molar-refractivity contribution in [3.8, 4) is 22.4 Å². The van der Waals surface area contributed by atoms with Crippen molar-refractivity contribution < 1.29 is 4.74 Å². The molecule has 0 saturated carbocycles. The van der Waals surface area contributed by atoms with Crippen LogP contribution >= 0.6 is 11.6 Å². The van der Waals surface area contributed by atoms with Crippen molar-refractivity contribution in [1.82, 2.24) is 19.5 Å². The van der Waals surface area contributed by atoms with Gasteiger partial charge in [0.25, 0.3) is 5.56 Å². The zero-order valence-electron chi connectivity index (χ0n) is 22.5. The van der Waals surface area contributed by atoms with Crippen LogP contribution in [0.25, 0.3) is 33.4 Å². The van der Waals surface area contributed by atoms with E-state index in [4.69, 9.17) is 21.3 Å². The summed E-state index contributed by atoms with van der Waals surface area (Å²) in [5.41, 5.74) is 6.57. The largest absolute Gasteiger partial charge is 0.381 e. The fourth-order valence-corrected chi connectivity index (χ4v) is 5.50. The van der Waals surface area contributed by atoms with Crippen LogP contribution in [0.4, 0.5) is 5.95 Å². The van der Waals surface area contributed by atoms with Gasteiger partial charge in [-0.1, -0.05) is 54.1 Å². The first-order chi connectivity index (χ1) is 19.5. The number of aryl methyl sites for hydroxylation is 2. The van der Waals surface area contributed by atoms with Crippen LogP contribution < -0.4 is 10.9 Å². The third-order valence-electron chi connectivity index (χ3n) is 7.51. The highest BCUT2D eigenvalue weighted by atomic mass is 35.5. The van der Waals surface area contributed by atoms with Crippen molar-refractivity contribution in [2.45, 2.75) is 39.3 Å². The number of nitrogens with zero attached hydrogens (tertiary/aromatic N) is 4. The van der Waals surface area contributed by atoms with E-state index in [2.05, 4.69) is 28.3 Å². The molecular weight excluding hydrogens is 522 g/mol. The maximum absolute atomic E-state index is 14.2. The van der Waals surface area contributed by atoms with Crippen molar-refractivity contribution in [3.05, 3.63) is 105 Å². The van der Waals surface area contributed by atoms with Crippen LogP contribution in [0.5, 0.6) is 0 Å². The average molecular weight is 552 g/mol. The van der Waals surface area contributed by atoms with Crippen LogP contribution in [-0.4, -0.2) is 38.8 Å². The number of fused-ring (bicyclic) bond motifs is 1. The molecule has 3 aromatic heterocycles. The highest BCUT2D eigenvalue weighted by Crippen LogP contribution is 2.32. The number of hydrogen-bond acceptors (Lipinski definition) is 6. The summed E-state index contributed by atoms with van der Waals surface area (Å²) in [6, 6.07) is 19.8. The van der Waals surface area contributed by atoms with Gasteiger partial charge in [-0.2, -0.15) is 4.98 Å². The van der Waals surface area contributed by atoms with E-state index in [9.17, 15) is 4.79 Å². The Morgan fingerprint density at radius 2 is 1.77 bits per heavy atom. The predicted octanol–water partition coefficient (Wildman–Crippen LogP) is 6.43. The van der Waals surface area contributed by atoms with E-state index in [1.807, 2.05) is 61.5 Å². The Morgan fingerprint density at radius 1 is 0.975 bits per heavy atom. The monoisotopic (exact) mass is 551 g/mol. The summed E-state index contributed by atoms with van der Waals surface area (Å²) >= 11 is 6.83. The maximum Gasteiger partial charge on any atom is 0.260 e. The molecule has 0 unspecified atom stereocenters. The van der Waals surface area contributed by atoms with E-state index < -0.39 is 0 Å². The molecule has 202 valence electrons. The molecule has 5 aromatic rings. The number of nitrogens with one attached hydrogen (secondary N) is 1. The van der Waals surface area contributed by atoms with Gasteiger partial charge in [-0.15, -0.1) is 0 Å². The molecule has 1 saturated heterocycles. The number of benzene rings is 2. The van der Waals surface area contributed by atoms with Gasteiger partial charge in [0.2, 0.25) is 5.95 Å². The van der Waals surface area contributed by atoms with E-state index in [-0.39, 0.29) is 11.6 Å². The lowest BCUT2D eigenvalue weighted by Gasteiger charge is -2.23. The summed E-state index contributed by atoms with van der Waals surface area (Å²) in [7, 11) is 0. The second kappa shape index (κ2) is 11.2. The first kappa shape index (κ1) is 26.2. The highest BCUT2D eigenvalue weighted by Gasteiger charge is 2.19. The molecule has 1 fully saturated rings. The molecule has 1 aliphatic heterocycles. The zero-order chi connectivity index (χ0) is 27.6. The Morgan fingerprint density at radius 3 is 2.55 bits per heavy atom. The number of aromatic nitrogens is 4. The van der Waals surface area contributed by atoms with Crippen LogP contribution in [0.1, 0.15) is 29.5 Å². The van der Waals surface area contributed by atoms with Gasteiger partial charge in [0.05, 0.1) is 12.2 Å². The predicted molar refractivity (Wildman–Crippen MR) is 160 cm³/mol. The molecule has 8 heteroatoms.